The average molecular weight is 469 g/mol. The number of benzene rings is 2. The molecule has 0 saturated carbocycles. The van der Waals surface area contributed by atoms with Crippen LogP contribution in [0.3, 0.4) is 0 Å². The Kier molecular flexibility index (Phi) is 5.99. The van der Waals surface area contributed by atoms with Crippen molar-refractivity contribution in [3.05, 3.63) is 52.7 Å². The molecule has 0 aliphatic rings. The highest BCUT2D eigenvalue weighted by Crippen LogP contribution is 2.33. The molecule has 150 valence electrons. The molecule has 0 radical (unpaired) electrons. The number of rotatable bonds is 7. The topological polar surface area (TPSA) is 92.0 Å². The van der Waals surface area contributed by atoms with E-state index >= 15 is 0 Å². The molecule has 7 nitrogen and oxygen atoms in total. The minimum absolute atomic E-state index is 0.0513. The van der Waals surface area contributed by atoms with Crippen LogP contribution >= 0.6 is 15.9 Å². The van der Waals surface area contributed by atoms with Gasteiger partial charge in [0.25, 0.3) is 0 Å². The van der Waals surface area contributed by atoms with E-state index < -0.39 is 16.3 Å². The number of para-hydroxylation sites is 1. The lowest BCUT2D eigenvalue weighted by molar-refractivity contribution is 0.141. The van der Waals surface area contributed by atoms with E-state index in [1.165, 1.54) is 6.07 Å². The summed E-state index contributed by atoms with van der Waals surface area (Å²) in [5, 5.41) is 11.2. The van der Waals surface area contributed by atoms with Gasteiger partial charge in [0.1, 0.15) is 22.0 Å². The molecule has 0 saturated heterocycles. The van der Waals surface area contributed by atoms with Crippen LogP contribution in [-0.2, 0) is 10.0 Å². The first kappa shape index (κ1) is 20.7. The molecular formula is C19H21BrN2O5S. The molecule has 0 spiro atoms. The number of aliphatic hydroxyl groups excluding tert-OH is 1. The average Bonchev–Trinajstić information content (AvgIpc) is 3.04. The number of hydrogen-bond acceptors (Lipinski definition) is 6. The fraction of sp³-hybridized carbons (Fsp3) is 0.263. The van der Waals surface area contributed by atoms with Crippen LogP contribution in [0.2, 0.25) is 0 Å². The number of fused-ring (bicyclic) bond motifs is 1. The third kappa shape index (κ3) is 4.17. The third-order valence-electron chi connectivity index (χ3n) is 4.06. The smallest absolute Gasteiger partial charge is 0.246 e. The van der Waals surface area contributed by atoms with Crippen molar-refractivity contribution in [2.75, 3.05) is 25.6 Å². The van der Waals surface area contributed by atoms with Crippen LogP contribution in [0.5, 0.6) is 5.75 Å². The zero-order chi connectivity index (χ0) is 20.5. The summed E-state index contributed by atoms with van der Waals surface area (Å²) < 4.78 is 39.6. The Hall–Kier alpha value is -2.07. The number of nitrogens with zero attached hydrogens (tertiary/aromatic N) is 1. The summed E-state index contributed by atoms with van der Waals surface area (Å²) in [6, 6.07) is 11.5. The number of ether oxygens (including phenoxy) is 1. The standard InChI is InChI=1S/C19H21BrN2O5S/c1-4-26-15-7-5-6-8-18(15)28(24,25)21-19(23)17-10-12-9-13(20)14(22(2)3)11-16(12)27-17/h5-11,19,21,23H,4H2,1-3H3. The predicted molar refractivity (Wildman–Crippen MR) is 111 cm³/mol. The van der Waals surface area contributed by atoms with E-state index in [1.807, 2.05) is 31.1 Å². The number of nitrogens with one attached hydrogen (secondary N) is 1. The predicted octanol–water partition coefficient (Wildman–Crippen LogP) is 3.63. The fourth-order valence-electron chi connectivity index (χ4n) is 2.76. The number of furan rings is 1. The zero-order valence-electron chi connectivity index (χ0n) is 15.6. The number of anilines is 1. The van der Waals surface area contributed by atoms with Gasteiger partial charge in [-0.25, -0.2) is 8.42 Å². The van der Waals surface area contributed by atoms with E-state index in [1.54, 1.807) is 31.2 Å². The molecule has 0 bridgehead atoms. The maximum Gasteiger partial charge on any atom is 0.246 e. The highest BCUT2D eigenvalue weighted by Gasteiger charge is 2.25. The summed E-state index contributed by atoms with van der Waals surface area (Å²) in [7, 11) is -0.235. The molecule has 9 heteroatoms. The molecule has 0 fully saturated rings. The summed E-state index contributed by atoms with van der Waals surface area (Å²) in [6.07, 6.45) is -1.55. The van der Waals surface area contributed by atoms with E-state index in [0.717, 1.165) is 15.5 Å². The lowest BCUT2D eigenvalue weighted by Gasteiger charge is -2.14. The van der Waals surface area contributed by atoms with Gasteiger partial charge in [0.15, 0.2) is 6.23 Å². The van der Waals surface area contributed by atoms with Crippen molar-refractivity contribution in [2.45, 2.75) is 18.0 Å². The number of aliphatic hydroxyl groups is 1. The molecule has 28 heavy (non-hydrogen) atoms. The molecule has 0 aliphatic carbocycles. The van der Waals surface area contributed by atoms with Gasteiger partial charge in [-0.3, -0.25) is 0 Å². The quantitative estimate of drug-likeness (QED) is 0.514. The lowest BCUT2D eigenvalue weighted by Crippen LogP contribution is -2.28. The first-order chi connectivity index (χ1) is 13.2. The zero-order valence-corrected chi connectivity index (χ0v) is 18.0. The van der Waals surface area contributed by atoms with E-state index in [2.05, 4.69) is 20.7 Å². The molecule has 1 aromatic heterocycles. The van der Waals surface area contributed by atoms with Gasteiger partial charge in [0.2, 0.25) is 10.0 Å². The summed E-state index contributed by atoms with van der Waals surface area (Å²) >= 11 is 3.50. The number of sulfonamides is 1. The Bertz CT molecular complexity index is 1090. The van der Waals surface area contributed by atoms with Crippen molar-refractivity contribution >= 4 is 42.6 Å². The fourth-order valence-corrected chi connectivity index (χ4v) is 4.66. The van der Waals surface area contributed by atoms with Crippen molar-refractivity contribution in [3.63, 3.8) is 0 Å². The second kappa shape index (κ2) is 8.12. The van der Waals surface area contributed by atoms with Crippen LogP contribution in [0.4, 0.5) is 5.69 Å². The second-order valence-corrected chi connectivity index (χ2v) is 8.82. The lowest BCUT2D eigenvalue weighted by atomic mass is 10.2. The molecule has 3 rings (SSSR count). The van der Waals surface area contributed by atoms with E-state index in [9.17, 15) is 13.5 Å². The maximum atomic E-state index is 12.7. The van der Waals surface area contributed by atoms with Crippen molar-refractivity contribution in [1.29, 1.82) is 0 Å². The van der Waals surface area contributed by atoms with Crippen LogP contribution < -0.4 is 14.4 Å². The minimum atomic E-state index is -4.03. The summed E-state index contributed by atoms with van der Waals surface area (Å²) in [4.78, 5) is 1.86. The van der Waals surface area contributed by atoms with Gasteiger partial charge >= 0.3 is 0 Å². The van der Waals surface area contributed by atoms with Gasteiger partial charge in [-0.15, -0.1) is 0 Å². The van der Waals surface area contributed by atoms with Crippen molar-refractivity contribution in [1.82, 2.24) is 4.72 Å². The number of halogens is 1. The normalized spacial score (nSPS) is 12.9. The monoisotopic (exact) mass is 468 g/mol. The summed E-state index contributed by atoms with van der Waals surface area (Å²) in [6.45, 7) is 2.09. The Labute approximate surface area is 172 Å². The first-order valence-electron chi connectivity index (χ1n) is 8.55. The molecule has 3 aromatic rings. The van der Waals surface area contributed by atoms with Gasteiger partial charge in [-0.05, 0) is 47.1 Å². The van der Waals surface area contributed by atoms with Crippen LogP contribution in [0.25, 0.3) is 11.0 Å². The van der Waals surface area contributed by atoms with Gasteiger partial charge in [-0.1, -0.05) is 12.1 Å². The molecule has 2 N–H and O–H groups in total. The Morgan fingerprint density at radius 3 is 2.64 bits per heavy atom. The van der Waals surface area contributed by atoms with Crippen molar-refractivity contribution in [3.8, 4) is 5.75 Å². The highest BCUT2D eigenvalue weighted by atomic mass is 79.9. The van der Waals surface area contributed by atoms with Gasteiger partial charge < -0.3 is 19.2 Å². The van der Waals surface area contributed by atoms with Crippen molar-refractivity contribution < 1.29 is 22.7 Å². The molecule has 0 amide bonds. The van der Waals surface area contributed by atoms with Gasteiger partial charge in [-0.2, -0.15) is 4.72 Å². The minimum Gasteiger partial charge on any atom is -0.492 e. The molecule has 0 aliphatic heterocycles. The SMILES string of the molecule is CCOc1ccccc1S(=O)(=O)NC(O)c1cc2cc(Br)c(N(C)C)cc2o1. The van der Waals surface area contributed by atoms with E-state index in [-0.39, 0.29) is 16.4 Å². The van der Waals surface area contributed by atoms with Crippen LogP contribution in [0.1, 0.15) is 18.9 Å². The van der Waals surface area contributed by atoms with E-state index in [0.29, 0.717) is 12.2 Å². The molecule has 1 unspecified atom stereocenters. The van der Waals surface area contributed by atoms with Gasteiger partial charge in [0, 0.05) is 30.0 Å². The van der Waals surface area contributed by atoms with E-state index in [4.69, 9.17) is 9.15 Å². The number of hydrogen-bond donors (Lipinski definition) is 2. The van der Waals surface area contributed by atoms with Gasteiger partial charge in [0.05, 0.1) is 12.3 Å². The van der Waals surface area contributed by atoms with Crippen LogP contribution in [0, 0.1) is 0 Å². The third-order valence-corrected chi connectivity index (χ3v) is 6.15. The molecule has 2 aromatic carbocycles. The first-order valence-corrected chi connectivity index (χ1v) is 10.8. The second-order valence-electron chi connectivity index (χ2n) is 6.29. The summed E-state index contributed by atoms with van der Waals surface area (Å²) in [5.41, 5.74) is 1.43. The molecular weight excluding hydrogens is 448 g/mol. The molecule has 1 heterocycles. The Morgan fingerprint density at radius 1 is 1.25 bits per heavy atom. The maximum absolute atomic E-state index is 12.7. The highest BCUT2D eigenvalue weighted by molar-refractivity contribution is 9.10. The largest absolute Gasteiger partial charge is 0.492 e. The van der Waals surface area contributed by atoms with Crippen LogP contribution in [0.15, 0.2) is 56.2 Å². The molecule has 1 atom stereocenters. The van der Waals surface area contributed by atoms with Crippen LogP contribution in [-0.4, -0.2) is 34.2 Å². The Morgan fingerprint density at radius 2 is 1.96 bits per heavy atom. The van der Waals surface area contributed by atoms with Crippen molar-refractivity contribution in [2.24, 2.45) is 0 Å². The summed E-state index contributed by atoms with van der Waals surface area (Å²) in [5.74, 6) is 0.309. The Balaban J connectivity index is 1.91.